The van der Waals surface area contributed by atoms with Gasteiger partial charge in [0.15, 0.2) is 0 Å². The summed E-state index contributed by atoms with van der Waals surface area (Å²) >= 11 is 0. The van der Waals surface area contributed by atoms with E-state index in [9.17, 15) is 14.9 Å². The summed E-state index contributed by atoms with van der Waals surface area (Å²) in [5.41, 5.74) is 1.14. The molecule has 0 aliphatic rings. The van der Waals surface area contributed by atoms with Crippen molar-refractivity contribution < 1.29 is 9.72 Å². The third-order valence-electron chi connectivity index (χ3n) is 2.24. The van der Waals surface area contributed by atoms with Crippen LogP contribution in [-0.4, -0.2) is 11.3 Å². The predicted octanol–water partition coefficient (Wildman–Crippen LogP) is 2.46. The van der Waals surface area contributed by atoms with Crippen LogP contribution in [0.15, 0.2) is 18.2 Å². The number of nitro groups is 1. The molecule has 0 aromatic heterocycles. The number of hydrogen-bond donors (Lipinski definition) is 1. The number of anilines is 1. The monoisotopic (exact) mass is 222 g/mol. The van der Waals surface area contributed by atoms with Crippen LogP contribution in [0.25, 0.3) is 0 Å². The fourth-order valence-corrected chi connectivity index (χ4v) is 1.48. The van der Waals surface area contributed by atoms with Crippen LogP contribution >= 0.6 is 0 Å². The molecule has 1 amide bonds. The molecular weight excluding hydrogens is 208 g/mol. The van der Waals surface area contributed by atoms with E-state index in [4.69, 9.17) is 0 Å². The molecule has 0 heterocycles. The first-order valence-electron chi connectivity index (χ1n) is 4.85. The van der Waals surface area contributed by atoms with Gasteiger partial charge in [-0.05, 0) is 17.0 Å². The maximum absolute atomic E-state index is 10.6. The Hall–Kier alpha value is -1.91. The van der Waals surface area contributed by atoms with Gasteiger partial charge in [-0.1, -0.05) is 20.8 Å². The lowest BCUT2D eigenvalue weighted by atomic mass is 9.85. The van der Waals surface area contributed by atoms with E-state index < -0.39 is 4.92 Å². The molecule has 0 radical (unpaired) electrons. The van der Waals surface area contributed by atoms with Crippen LogP contribution in [-0.2, 0) is 10.2 Å². The highest BCUT2D eigenvalue weighted by molar-refractivity contribution is 5.75. The predicted molar refractivity (Wildman–Crippen MR) is 61.5 cm³/mol. The zero-order valence-electron chi connectivity index (χ0n) is 9.48. The van der Waals surface area contributed by atoms with Gasteiger partial charge in [-0.25, -0.2) is 0 Å². The molecule has 1 N–H and O–H groups in total. The van der Waals surface area contributed by atoms with Gasteiger partial charge in [0.1, 0.15) is 0 Å². The van der Waals surface area contributed by atoms with Crippen LogP contribution in [0.4, 0.5) is 11.4 Å². The molecule has 1 rings (SSSR count). The zero-order valence-corrected chi connectivity index (χ0v) is 9.48. The average Bonchev–Trinajstić information content (AvgIpc) is 2.16. The Labute approximate surface area is 93.6 Å². The number of hydrogen-bond acceptors (Lipinski definition) is 3. The molecule has 0 saturated carbocycles. The van der Waals surface area contributed by atoms with E-state index in [1.54, 1.807) is 6.07 Å². The Bertz CT molecular complexity index is 422. The lowest BCUT2D eigenvalue weighted by Gasteiger charge is -2.21. The van der Waals surface area contributed by atoms with Crippen LogP contribution in [0.5, 0.6) is 0 Å². The molecule has 0 unspecified atom stereocenters. The van der Waals surface area contributed by atoms with Crippen LogP contribution < -0.4 is 5.32 Å². The summed E-state index contributed by atoms with van der Waals surface area (Å²) < 4.78 is 0. The Morgan fingerprint density at radius 2 is 2.00 bits per heavy atom. The second-order valence-electron chi connectivity index (χ2n) is 4.50. The fourth-order valence-electron chi connectivity index (χ4n) is 1.48. The van der Waals surface area contributed by atoms with Crippen molar-refractivity contribution in [3.05, 3.63) is 33.9 Å². The minimum atomic E-state index is -0.484. The van der Waals surface area contributed by atoms with Crippen molar-refractivity contribution in [2.45, 2.75) is 26.2 Å². The summed E-state index contributed by atoms with van der Waals surface area (Å²) in [6, 6.07) is 4.48. The van der Waals surface area contributed by atoms with Crippen molar-refractivity contribution in [3.63, 3.8) is 0 Å². The molecule has 1 aromatic carbocycles. The average molecular weight is 222 g/mol. The highest BCUT2D eigenvalue weighted by Crippen LogP contribution is 2.31. The SMILES string of the molecule is CC(C)(C)c1ccc([N+](=O)[O-])cc1NC=O. The van der Waals surface area contributed by atoms with Crippen LogP contribution in [0.1, 0.15) is 26.3 Å². The standard InChI is InChI=1S/C11H14N2O3/c1-11(2,3)9-5-4-8(13(15)16)6-10(9)12-7-14/h4-7H,1-3H3,(H,12,14). The molecule has 5 nitrogen and oxygen atoms in total. The van der Waals surface area contributed by atoms with Crippen molar-refractivity contribution in [3.8, 4) is 0 Å². The van der Waals surface area contributed by atoms with E-state index in [1.165, 1.54) is 12.1 Å². The van der Waals surface area contributed by atoms with Gasteiger partial charge in [0, 0.05) is 12.1 Å². The number of benzene rings is 1. The summed E-state index contributed by atoms with van der Waals surface area (Å²) in [4.78, 5) is 20.6. The second kappa shape index (κ2) is 4.30. The largest absolute Gasteiger partial charge is 0.328 e. The Kier molecular flexibility index (Phi) is 3.27. The van der Waals surface area contributed by atoms with E-state index >= 15 is 0 Å². The number of nitro benzene ring substituents is 1. The van der Waals surface area contributed by atoms with Crippen LogP contribution in [0.3, 0.4) is 0 Å². The van der Waals surface area contributed by atoms with E-state index in [0.717, 1.165) is 5.56 Å². The first-order valence-corrected chi connectivity index (χ1v) is 4.85. The van der Waals surface area contributed by atoms with Crippen molar-refractivity contribution in [2.75, 3.05) is 5.32 Å². The van der Waals surface area contributed by atoms with Gasteiger partial charge in [-0.15, -0.1) is 0 Å². The number of non-ortho nitro benzene ring substituents is 1. The van der Waals surface area contributed by atoms with Crippen LogP contribution in [0, 0.1) is 10.1 Å². The molecule has 0 aliphatic heterocycles. The summed E-state index contributed by atoms with van der Waals surface area (Å²) in [7, 11) is 0. The topological polar surface area (TPSA) is 72.2 Å². The number of rotatable bonds is 3. The van der Waals surface area contributed by atoms with Crippen molar-refractivity contribution >= 4 is 17.8 Å². The first kappa shape index (κ1) is 12.2. The Morgan fingerprint density at radius 3 is 2.44 bits per heavy atom. The number of carbonyl (C=O) groups excluding carboxylic acids is 1. The highest BCUT2D eigenvalue weighted by Gasteiger charge is 2.20. The van der Waals surface area contributed by atoms with Gasteiger partial charge in [0.05, 0.1) is 10.6 Å². The van der Waals surface area contributed by atoms with Crippen molar-refractivity contribution in [1.29, 1.82) is 0 Å². The van der Waals surface area contributed by atoms with Gasteiger partial charge in [0.25, 0.3) is 5.69 Å². The van der Waals surface area contributed by atoms with Gasteiger partial charge < -0.3 is 5.32 Å². The molecule has 1 aromatic rings. The second-order valence-corrected chi connectivity index (χ2v) is 4.50. The Balaban J connectivity index is 3.30. The summed E-state index contributed by atoms with van der Waals surface area (Å²) in [5.74, 6) is 0. The molecule has 0 fully saturated rings. The molecule has 0 saturated heterocycles. The molecule has 16 heavy (non-hydrogen) atoms. The molecule has 5 heteroatoms. The number of nitrogens with zero attached hydrogens (tertiary/aromatic N) is 1. The molecule has 0 bridgehead atoms. The van der Waals surface area contributed by atoms with Crippen molar-refractivity contribution in [1.82, 2.24) is 0 Å². The van der Waals surface area contributed by atoms with Gasteiger partial charge in [-0.2, -0.15) is 0 Å². The smallest absolute Gasteiger partial charge is 0.271 e. The highest BCUT2D eigenvalue weighted by atomic mass is 16.6. The lowest BCUT2D eigenvalue weighted by molar-refractivity contribution is -0.384. The molecule has 0 spiro atoms. The normalized spacial score (nSPS) is 10.9. The maximum Gasteiger partial charge on any atom is 0.271 e. The molecule has 86 valence electrons. The Morgan fingerprint density at radius 1 is 1.38 bits per heavy atom. The van der Waals surface area contributed by atoms with E-state index in [1.807, 2.05) is 20.8 Å². The maximum atomic E-state index is 10.6. The van der Waals surface area contributed by atoms with E-state index in [2.05, 4.69) is 5.32 Å². The molecule has 0 atom stereocenters. The van der Waals surface area contributed by atoms with Gasteiger partial charge in [0.2, 0.25) is 6.41 Å². The first-order chi connectivity index (χ1) is 7.36. The van der Waals surface area contributed by atoms with Gasteiger partial charge >= 0.3 is 0 Å². The number of carbonyl (C=O) groups is 1. The van der Waals surface area contributed by atoms with E-state index in [0.29, 0.717) is 12.1 Å². The minimum absolute atomic E-state index is 0.0302. The fraction of sp³-hybridized carbons (Fsp3) is 0.364. The third kappa shape index (κ3) is 2.56. The van der Waals surface area contributed by atoms with Gasteiger partial charge in [-0.3, -0.25) is 14.9 Å². The summed E-state index contributed by atoms with van der Waals surface area (Å²) in [6.07, 6.45) is 0.522. The third-order valence-corrected chi connectivity index (χ3v) is 2.24. The summed E-state index contributed by atoms with van der Waals surface area (Å²) in [5, 5.41) is 13.1. The molecule has 0 aliphatic carbocycles. The number of nitrogens with one attached hydrogen (secondary N) is 1. The lowest BCUT2D eigenvalue weighted by Crippen LogP contribution is -2.14. The van der Waals surface area contributed by atoms with E-state index in [-0.39, 0.29) is 11.1 Å². The van der Waals surface area contributed by atoms with Crippen molar-refractivity contribution in [2.24, 2.45) is 0 Å². The quantitative estimate of drug-likeness (QED) is 0.485. The van der Waals surface area contributed by atoms with Crippen LogP contribution in [0.2, 0.25) is 0 Å². The molecular formula is C11H14N2O3. The zero-order chi connectivity index (χ0) is 12.3. The summed E-state index contributed by atoms with van der Waals surface area (Å²) in [6.45, 7) is 5.93. The minimum Gasteiger partial charge on any atom is -0.328 e. The number of amides is 1.